The molecule has 1 heterocycles. The lowest BCUT2D eigenvalue weighted by atomic mass is 9.94. The summed E-state index contributed by atoms with van der Waals surface area (Å²) in [6.45, 7) is 6.28. The molecule has 2 heteroatoms. The Labute approximate surface area is 95.6 Å². The smallest absolute Gasteiger partial charge is 0.101 e. The van der Waals surface area contributed by atoms with Gasteiger partial charge < -0.3 is 0 Å². The first-order valence-electron chi connectivity index (χ1n) is 5.43. The highest BCUT2D eigenvalue weighted by Gasteiger charge is 2.11. The minimum absolute atomic E-state index is 0.335. The number of benzene rings is 1. The molecule has 0 saturated carbocycles. The lowest BCUT2D eigenvalue weighted by molar-refractivity contribution is 0.870. The predicted octanol–water partition coefficient (Wildman–Crippen LogP) is 3.54. The van der Waals surface area contributed by atoms with Crippen LogP contribution in [0.2, 0.25) is 0 Å². The van der Waals surface area contributed by atoms with E-state index in [2.05, 4.69) is 37.9 Å². The molecule has 2 aromatic rings. The standard InChI is InChI=1S/C14H14N2/c1-9(2)14-11(7-15)8-16-13-5-4-10(3)6-12(13)14/h4-6,8-9H,1-3H3. The van der Waals surface area contributed by atoms with Crippen LogP contribution in [0.4, 0.5) is 0 Å². The van der Waals surface area contributed by atoms with Gasteiger partial charge in [0.25, 0.3) is 0 Å². The maximum absolute atomic E-state index is 9.11. The normalized spacial score (nSPS) is 10.7. The second-order valence-electron chi connectivity index (χ2n) is 4.37. The molecular weight excluding hydrogens is 196 g/mol. The fraction of sp³-hybridized carbons (Fsp3) is 0.286. The summed E-state index contributed by atoms with van der Waals surface area (Å²) in [5.41, 5.74) is 3.96. The van der Waals surface area contributed by atoms with Crippen molar-refractivity contribution in [1.29, 1.82) is 5.26 Å². The average Bonchev–Trinajstić information content (AvgIpc) is 2.26. The van der Waals surface area contributed by atoms with Gasteiger partial charge in [-0.3, -0.25) is 4.98 Å². The van der Waals surface area contributed by atoms with Crippen LogP contribution in [0.5, 0.6) is 0 Å². The molecule has 2 rings (SSSR count). The van der Waals surface area contributed by atoms with E-state index in [1.165, 1.54) is 5.56 Å². The van der Waals surface area contributed by atoms with E-state index in [1.54, 1.807) is 6.20 Å². The number of nitrogens with zero attached hydrogens (tertiary/aromatic N) is 2. The lowest BCUT2D eigenvalue weighted by Crippen LogP contribution is -1.97. The number of rotatable bonds is 1. The maximum atomic E-state index is 9.11. The molecule has 1 aromatic heterocycles. The van der Waals surface area contributed by atoms with Crippen molar-refractivity contribution in [3.05, 3.63) is 41.1 Å². The van der Waals surface area contributed by atoms with E-state index < -0.39 is 0 Å². The van der Waals surface area contributed by atoms with Crippen LogP contribution >= 0.6 is 0 Å². The van der Waals surface area contributed by atoms with Crippen LogP contribution in [-0.4, -0.2) is 4.98 Å². The third kappa shape index (κ3) is 1.65. The van der Waals surface area contributed by atoms with Crippen LogP contribution < -0.4 is 0 Å². The minimum Gasteiger partial charge on any atom is -0.255 e. The molecule has 0 aliphatic rings. The summed E-state index contributed by atoms with van der Waals surface area (Å²) in [6, 6.07) is 8.39. The lowest BCUT2D eigenvalue weighted by Gasteiger charge is -2.11. The van der Waals surface area contributed by atoms with Gasteiger partial charge in [-0.2, -0.15) is 5.26 Å². The highest BCUT2D eigenvalue weighted by atomic mass is 14.7. The first kappa shape index (κ1) is 10.6. The quantitative estimate of drug-likeness (QED) is 0.721. The molecule has 0 unspecified atom stereocenters. The van der Waals surface area contributed by atoms with Crippen molar-refractivity contribution in [1.82, 2.24) is 4.98 Å². The summed E-state index contributed by atoms with van der Waals surface area (Å²) in [4.78, 5) is 4.31. The van der Waals surface area contributed by atoms with Gasteiger partial charge in [-0.1, -0.05) is 25.5 Å². The van der Waals surface area contributed by atoms with Crippen LogP contribution in [0.3, 0.4) is 0 Å². The van der Waals surface area contributed by atoms with Crippen molar-refractivity contribution in [2.45, 2.75) is 26.7 Å². The van der Waals surface area contributed by atoms with E-state index >= 15 is 0 Å². The summed E-state index contributed by atoms with van der Waals surface area (Å²) in [7, 11) is 0. The molecule has 0 spiro atoms. The third-order valence-electron chi connectivity index (χ3n) is 2.76. The molecule has 0 aliphatic heterocycles. The van der Waals surface area contributed by atoms with Gasteiger partial charge in [0.1, 0.15) is 6.07 Å². The third-order valence-corrected chi connectivity index (χ3v) is 2.76. The van der Waals surface area contributed by atoms with Crippen LogP contribution in [0.25, 0.3) is 10.9 Å². The Bertz CT molecular complexity index is 577. The van der Waals surface area contributed by atoms with Crippen LogP contribution in [0.1, 0.15) is 36.5 Å². The van der Waals surface area contributed by atoms with Crippen LogP contribution in [0, 0.1) is 18.3 Å². The molecule has 0 aliphatic carbocycles. The Morgan fingerprint density at radius 1 is 1.31 bits per heavy atom. The van der Waals surface area contributed by atoms with Gasteiger partial charge >= 0.3 is 0 Å². The van der Waals surface area contributed by atoms with E-state index in [-0.39, 0.29) is 0 Å². The molecule has 0 N–H and O–H groups in total. The number of aromatic nitrogens is 1. The molecule has 2 nitrogen and oxygen atoms in total. The van der Waals surface area contributed by atoms with E-state index in [0.717, 1.165) is 16.5 Å². The number of hydrogen-bond donors (Lipinski definition) is 0. The Morgan fingerprint density at radius 2 is 2.06 bits per heavy atom. The summed E-state index contributed by atoms with van der Waals surface area (Å²) < 4.78 is 0. The van der Waals surface area contributed by atoms with Crippen molar-refractivity contribution in [2.24, 2.45) is 0 Å². The summed E-state index contributed by atoms with van der Waals surface area (Å²) >= 11 is 0. The van der Waals surface area contributed by atoms with E-state index in [4.69, 9.17) is 5.26 Å². The topological polar surface area (TPSA) is 36.7 Å². The van der Waals surface area contributed by atoms with Gasteiger partial charge in [0, 0.05) is 11.6 Å². The van der Waals surface area contributed by atoms with E-state index in [0.29, 0.717) is 11.5 Å². The summed E-state index contributed by atoms with van der Waals surface area (Å²) in [5, 5.41) is 10.2. The number of pyridine rings is 1. The highest BCUT2D eigenvalue weighted by molar-refractivity contribution is 5.85. The molecule has 16 heavy (non-hydrogen) atoms. The van der Waals surface area contributed by atoms with Crippen LogP contribution in [-0.2, 0) is 0 Å². The number of hydrogen-bond acceptors (Lipinski definition) is 2. The predicted molar refractivity (Wildman–Crippen MR) is 65.3 cm³/mol. The second kappa shape index (κ2) is 3.94. The van der Waals surface area contributed by atoms with Crippen molar-refractivity contribution in [3.63, 3.8) is 0 Å². The van der Waals surface area contributed by atoms with Gasteiger partial charge in [-0.25, -0.2) is 0 Å². The first-order valence-corrected chi connectivity index (χ1v) is 5.43. The van der Waals surface area contributed by atoms with Gasteiger partial charge in [-0.15, -0.1) is 0 Å². The molecule has 0 amide bonds. The fourth-order valence-corrected chi connectivity index (χ4v) is 2.04. The summed E-state index contributed by atoms with van der Waals surface area (Å²) in [5.74, 6) is 0.335. The van der Waals surface area contributed by atoms with Crippen LogP contribution in [0.15, 0.2) is 24.4 Å². The molecule has 1 aromatic carbocycles. The van der Waals surface area contributed by atoms with E-state index in [9.17, 15) is 0 Å². The Balaban J connectivity index is 2.88. The maximum Gasteiger partial charge on any atom is 0.101 e. The summed E-state index contributed by atoms with van der Waals surface area (Å²) in [6.07, 6.45) is 1.67. The first-order chi connectivity index (χ1) is 7.63. The second-order valence-corrected chi connectivity index (χ2v) is 4.37. The largest absolute Gasteiger partial charge is 0.255 e. The number of fused-ring (bicyclic) bond motifs is 1. The van der Waals surface area contributed by atoms with Crippen molar-refractivity contribution in [3.8, 4) is 6.07 Å². The Morgan fingerprint density at radius 3 is 2.69 bits per heavy atom. The Kier molecular flexibility index (Phi) is 2.62. The molecule has 0 fully saturated rings. The SMILES string of the molecule is Cc1ccc2ncc(C#N)c(C(C)C)c2c1. The van der Waals surface area contributed by atoms with Gasteiger partial charge in [0.15, 0.2) is 0 Å². The molecule has 0 saturated heterocycles. The van der Waals surface area contributed by atoms with Crippen molar-refractivity contribution in [2.75, 3.05) is 0 Å². The van der Waals surface area contributed by atoms with Gasteiger partial charge in [0.05, 0.1) is 11.1 Å². The van der Waals surface area contributed by atoms with Gasteiger partial charge in [0.2, 0.25) is 0 Å². The highest BCUT2D eigenvalue weighted by Crippen LogP contribution is 2.27. The number of aryl methyl sites for hydroxylation is 1. The average molecular weight is 210 g/mol. The van der Waals surface area contributed by atoms with Crippen molar-refractivity contribution >= 4 is 10.9 Å². The Hall–Kier alpha value is -1.88. The van der Waals surface area contributed by atoms with Gasteiger partial charge in [-0.05, 0) is 30.5 Å². The monoisotopic (exact) mass is 210 g/mol. The zero-order valence-electron chi connectivity index (χ0n) is 9.78. The molecule has 0 radical (unpaired) electrons. The molecule has 80 valence electrons. The van der Waals surface area contributed by atoms with E-state index in [1.807, 2.05) is 12.1 Å². The zero-order chi connectivity index (χ0) is 11.7. The number of nitriles is 1. The van der Waals surface area contributed by atoms with Crippen molar-refractivity contribution < 1.29 is 0 Å². The minimum atomic E-state index is 0.335. The zero-order valence-corrected chi connectivity index (χ0v) is 9.78. The molecule has 0 bridgehead atoms. The molecular formula is C14H14N2. The fourth-order valence-electron chi connectivity index (χ4n) is 2.04. The molecule has 0 atom stereocenters.